The molecule has 2 fully saturated rings. The summed E-state index contributed by atoms with van der Waals surface area (Å²) in [6, 6.07) is 8.45. The lowest BCUT2D eigenvalue weighted by molar-refractivity contribution is 0.121. The van der Waals surface area contributed by atoms with Crippen molar-refractivity contribution in [3.8, 4) is 0 Å². The second kappa shape index (κ2) is 10.1. The summed E-state index contributed by atoms with van der Waals surface area (Å²) in [5.41, 5.74) is 3.99. The summed E-state index contributed by atoms with van der Waals surface area (Å²) >= 11 is 0. The van der Waals surface area contributed by atoms with E-state index in [4.69, 9.17) is 9.72 Å². The summed E-state index contributed by atoms with van der Waals surface area (Å²) in [5, 5.41) is 14.3. The SMILES string of the molecule is Cc1cc([C@@H](C)Nc2ccc(F)cc2N2CCC[C@@H](O)C2)c2nc(N3CCOCC3)n(C)c(=O)c2c1. The van der Waals surface area contributed by atoms with Crippen molar-refractivity contribution in [1.29, 1.82) is 0 Å². The summed E-state index contributed by atoms with van der Waals surface area (Å²) in [6.45, 7) is 7.81. The van der Waals surface area contributed by atoms with Gasteiger partial charge >= 0.3 is 0 Å². The van der Waals surface area contributed by atoms with E-state index >= 15 is 0 Å². The number of ether oxygens (including phenoxy) is 1. The number of nitrogens with one attached hydrogen (secondary N) is 1. The number of morpholine rings is 1. The highest BCUT2D eigenvalue weighted by atomic mass is 19.1. The first-order chi connectivity index (χ1) is 17.3. The molecule has 0 saturated carbocycles. The average Bonchev–Trinajstić information content (AvgIpc) is 2.87. The number of aliphatic hydroxyl groups excluding tert-OH is 1. The van der Waals surface area contributed by atoms with Crippen molar-refractivity contribution in [3.05, 3.63) is 57.6 Å². The molecule has 0 aliphatic carbocycles. The van der Waals surface area contributed by atoms with Crippen LogP contribution in [0.1, 0.15) is 36.9 Å². The molecule has 192 valence electrons. The zero-order valence-electron chi connectivity index (χ0n) is 21.1. The number of benzene rings is 2. The van der Waals surface area contributed by atoms with Crippen molar-refractivity contribution in [2.75, 3.05) is 54.5 Å². The molecule has 5 rings (SSSR count). The fourth-order valence-corrected chi connectivity index (χ4v) is 5.29. The predicted octanol–water partition coefficient (Wildman–Crippen LogP) is 3.35. The van der Waals surface area contributed by atoms with Crippen molar-refractivity contribution in [3.63, 3.8) is 0 Å². The van der Waals surface area contributed by atoms with Crippen LogP contribution in [0.15, 0.2) is 35.1 Å². The lowest BCUT2D eigenvalue weighted by Gasteiger charge is -2.34. The Morgan fingerprint density at radius 1 is 1.17 bits per heavy atom. The van der Waals surface area contributed by atoms with E-state index in [1.165, 1.54) is 12.1 Å². The minimum atomic E-state index is -0.424. The summed E-state index contributed by atoms with van der Waals surface area (Å²) < 4.78 is 21.4. The Kier molecular flexibility index (Phi) is 6.85. The number of anilines is 3. The average molecular weight is 496 g/mol. The van der Waals surface area contributed by atoms with Crippen molar-refractivity contribution in [2.45, 2.75) is 38.8 Å². The Labute approximate surface area is 210 Å². The molecule has 2 atom stereocenters. The molecule has 9 heteroatoms. The number of β-amino-alcohol motifs (C(OH)–C–C–N with tert-alkyl or cyclic N) is 1. The number of hydrogen-bond donors (Lipinski definition) is 2. The van der Waals surface area contributed by atoms with Crippen molar-refractivity contribution in [2.24, 2.45) is 7.05 Å². The summed E-state index contributed by atoms with van der Waals surface area (Å²) in [7, 11) is 1.76. The van der Waals surface area contributed by atoms with E-state index in [0.29, 0.717) is 49.7 Å². The van der Waals surface area contributed by atoms with E-state index in [1.54, 1.807) is 17.7 Å². The van der Waals surface area contributed by atoms with Gasteiger partial charge in [-0.15, -0.1) is 0 Å². The standard InChI is InChI=1S/C27H34FN5O3/c1-17-13-21(25-22(14-17)26(35)31(3)27(30-25)32-9-11-36-12-10-32)18(2)29-23-7-6-19(28)15-24(23)33-8-4-5-20(34)16-33/h6-7,13-15,18,20,29,34H,4-5,8-12,16H2,1-3H3/t18-,20-/m1/s1. The number of piperidine rings is 1. The maximum absolute atomic E-state index is 14.2. The minimum absolute atomic E-state index is 0.0802. The fourth-order valence-electron chi connectivity index (χ4n) is 5.29. The summed E-state index contributed by atoms with van der Waals surface area (Å²) in [5.74, 6) is 0.322. The molecule has 1 aromatic heterocycles. The van der Waals surface area contributed by atoms with Crippen LogP contribution in [0.5, 0.6) is 0 Å². The molecule has 2 aromatic carbocycles. The zero-order chi connectivity index (χ0) is 25.4. The van der Waals surface area contributed by atoms with Crippen LogP contribution in [0.3, 0.4) is 0 Å². The van der Waals surface area contributed by atoms with Crippen LogP contribution in [0, 0.1) is 12.7 Å². The molecule has 3 heterocycles. The third-order valence-electron chi connectivity index (χ3n) is 7.16. The highest BCUT2D eigenvalue weighted by Crippen LogP contribution is 2.34. The molecule has 0 amide bonds. The second-order valence-corrected chi connectivity index (χ2v) is 9.90. The number of fused-ring (bicyclic) bond motifs is 1. The maximum atomic E-state index is 14.2. The molecule has 2 aliphatic rings. The normalized spacial score (nSPS) is 19.5. The molecule has 0 spiro atoms. The van der Waals surface area contributed by atoms with Gasteiger partial charge in [0.2, 0.25) is 5.95 Å². The molecule has 8 nitrogen and oxygen atoms in total. The predicted molar refractivity (Wildman–Crippen MR) is 141 cm³/mol. The molecule has 0 unspecified atom stereocenters. The summed E-state index contributed by atoms with van der Waals surface area (Å²) in [4.78, 5) is 22.5. The third-order valence-corrected chi connectivity index (χ3v) is 7.16. The van der Waals surface area contributed by atoms with Gasteiger partial charge in [-0.3, -0.25) is 9.36 Å². The molecule has 3 aromatic rings. The van der Waals surface area contributed by atoms with Gasteiger partial charge in [0, 0.05) is 38.8 Å². The van der Waals surface area contributed by atoms with E-state index in [-0.39, 0.29) is 17.4 Å². The van der Waals surface area contributed by atoms with Crippen LogP contribution >= 0.6 is 0 Å². The van der Waals surface area contributed by atoms with Crippen molar-refractivity contribution >= 4 is 28.2 Å². The Morgan fingerprint density at radius 3 is 2.69 bits per heavy atom. The Hall–Kier alpha value is -3.17. The molecule has 2 aliphatic heterocycles. The first-order valence-corrected chi connectivity index (χ1v) is 12.6. The van der Waals surface area contributed by atoms with E-state index in [2.05, 4.69) is 16.3 Å². The van der Waals surface area contributed by atoms with Crippen LogP contribution < -0.4 is 20.7 Å². The Morgan fingerprint density at radius 2 is 1.94 bits per heavy atom. The number of hydrogen-bond acceptors (Lipinski definition) is 7. The molecule has 2 N–H and O–H groups in total. The zero-order valence-corrected chi connectivity index (χ0v) is 21.1. The first kappa shape index (κ1) is 24.5. The molecular weight excluding hydrogens is 461 g/mol. The lowest BCUT2D eigenvalue weighted by atomic mass is 10.0. The topological polar surface area (TPSA) is 82.9 Å². The van der Waals surface area contributed by atoms with Crippen LogP contribution in [0.2, 0.25) is 0 Å². The number of nitrogens with zero attached hydrogens (tertiary/aromatic N) is 4. The third kappa shape index (κ3) is 4.77. The van der Waals surface area contributed by atoms with Gasteiger partial charge in [0.15, 0.2) is 0 Å². The highest BCUT2D eigenvalue weighted by molar-refractivity contribution is 5.84. The highest BCUT2D eigenvalue weighted by Gasteiger charge is 2.24. The van der Waals surface area contributed by atoms with Crippen LogP contribution in [-0.4, -0.2) is 60.2 Å². The van der Waals surface area contributed by atoms with E-state index in [0.717, 1.165) is 41.9 Å². The summed E-state index contributed by atoms with van der Waals surface area (Å²) in [6.07, 6.45) is 1.19. The van der Waals surface area contributed by atoms with Gasteiger partial charge in [0.1, 0.15) is 5.82 Å². The Balaban J connectivity index is 1.55. The Bertz CT molecular complexity index is 1320. The monoisotopic (exact) mass is 495 g/mol. The van der Waals surface area contributed by atoms with Crippen LogP contribution in [0.25, 0.3) is 10.9 Å². The number of rotatable bonds is 5. The van der Waals surface area contributed by atoms with Gasteiger partial charge in [0.05, 0.1) is 47.6 Å². The first-order valence-electron chi connectivity index (χ1n) is 12.6. The van der Waals surface area contributed by atoms with Gasteiger partial charge < -0.3 is 25.0 Å². The van der Waals surface area contributed by atoms with E-state index in [1.807, 2.05) is 24.8 Å². The molecule has 36 heavy (non-hydrogen) atoms. The van der Waals surface area contributed by atoms with Crippen LogP contribution in [-0.2, 0) is 11.8 Å². The van der Waals surface area contributed by atoms with E-state index in [9.17, 15) is 14.3 Å². The quantitative estimate of drug-likeness (QED) is 0.562. The largest absolute Gasteiger partial charge is 0.391 e. The molecule has 0 radical (unpaired) electrons. The molecular formula is C27H34FN5O3. The maximum Gasteiger partial charge on any atom is 0.262 e. The van der Waals surface area contributed by atoms with Crippen molar-refractivity contribution < 1.29 is 14.2 Å². The lowest BCUT2D eigenvalue weighted by Crippen LogP contribution is -2.40. The van der Waals surface area contributed by atoms with Gasteiger partial charge in [0.25, 0.3) is 5.56 Å². The number of aliphatic hydroxyl groups is 1. The van der Waals surface area contributed by atoms with E-state index < -0.39 is 6.10 Å². The fraction of sp³-hybridized carbons (Fsp3) is 0.481. The smallest absolute Gasteiger partial charge is 0.262 e. The number of aromatic nitrogens is 2. The van der Waals surface area contributed by atoms with Gasteiger partial charge in [-0.1, -0.05) is 6.07 Å². The molecule has 0 bridgehead atoms. The van der Waals surface area contributed by atoms with Crippen LogP contribution in [0.4, 0.5) is 21.7 Å². The second-order valence-electron chi connectivity index (χ2n) is 9.90. The molecule has 2 saturated heterocycles. The van der Waals surface area contributed by atoms with Gasteiger partial charge in [-0.25, -0.2) is 9.37 Å². The number of aryl methyl sites for hydroxylation is 1. The number of halogens is 1. The van der Waals surface area contributed by atoms with Gasteiger partial charge in [-0.05, 0) is 56.5 Å². The van der Waals surface area contributed by atoms with Gasteiger partial charge in [-0.2, -0.15) is 0 Å². The minimum Gasteiger partial charge on any atom is -0.391 e. The van der Waals surface area contributed by atoms with Crippen molar-refractivity contribution in [1.82, 2.24) is 9.55 Å².